The third kappa shape index (κ3) is 4.19. The number of benzene rings is 1. The van der Waals surface area contributed by atoms with Crippen LogP contribution in [0, 0.1) is 0 Å². The van der Waals surface area contributed by atoms with Crippen LogP contribution in [0.5, 0.6) is 0 Å². The van der Waals surface area contributed by atoms with Gasteiger partial charge in [0.05, 0.1) is 6.04 Å². The van der Waals surface area contributed by atoms with E-state index in [-0.39, 0.29) is 11.9 Å². The van der Waals surface area contributed by atoms with Gasteiger partial charge in [0.1, 0.15) is 0 Å². The molecule has 0 unspecified atom stereocenters. The summed E-state index contributed by atoms with van der Waals surface area (Å²) in [4.78, 5) is 11.5. The summed E-state index contributed by atoms with van der Waals surface area (Å²) >= 11 is 3.41. The van der Waals surface area contributed by atoms with Gasteiger partial charge in [0, 0.05) is 10.5 Å². The lowest BCUT2D eigenvalue weighted by atomic mass is 10.1. The fourth-order valence-electron chi connectivity index (χ4n) is 1.38. The summed E-state index contributed by atoms with van der Waals surface area (Å²) in [6.45, 7) is 5.78. The van der Waals surface area contributed by atoms with Gasteiger partial charge in [-0.25, -0.2) is 0 Å². The first-order chi connectivity index (χ1) is 7.49. The first kappa shape index (κ1) is 13.0. The summed E-state index contributed by atoms with van der Waals surface area (Å²) in [7, 11) is 0. The van der Waals surface area contributed by atoms with Crippen LogP contribution in [0.25, 0.3) is 0 Å². The van der Waals surface area contributed by atoms with E-state index < -0.39 is 0 Å². The average molecular weight is 282 g/mol. The van der Waals surface area contributed by atoms with Crippen molar-refractivity contribution < 1.29 is 4.79 Å². The van der Waals surface area contributed by atoms with E-state index in [1.165, 1.54) is 0 Å². The molecule has 0 radical (unpaired) electrons. The van der Waals surface area contributed by atoms with Crippen LogP contribution in [0.15, 0.2) is 40.4 Å². The Hall–Kier alpha value is -1.09. The Morgan fingerprint density at radius 2 is 2.12 bits per heavy atom. The molecule has 1 N–H and O–H groups in total. The highest BCUT2D eigenvalue weighted by Crippen LogP contribution is 2.17. The zero-order valence-corrected chi connectivity index (χ0v) is 11.3. The van der Waals surface area contributed by atoms with Gasteiger partial charge in [-0.05, 0) is 38.5 Å². The molecule has 1 aromatic carbocycles. The molecule has 0 aliphatic rings. The Morgan fingerprint density at radius 1 is 1.44 bits per heavy atom. The molecule has 1 atom stereocenters. The van der Waals surface area contributed by atoms with Crippen LogP contribution >= 0.6 is 15.9 Å². The fourth-order valence-corrected chi connectivity index (χ4v) is 1.79. The van der Waals surface area contributed by atoms with E-state index in [2.05, 4.69) is 21.2 Å². The summed E-state index contributed by atoms with van der Waals surface area (Å²) in [5.74, 6) is -0.0486. The molecule has 0 saturated heterocycles. The molecule has 0 spiro atoms. The molecule has 0 bridgehead atoms. The van der Waals surface area contributed by atoms with Crippen molar-refractivity contribution in [3.63, 3.8) is 0 Å². The lowest BCUT2D eigenvalue weighted by Gasteiger charge is -2.13. The van der Waals surface area contributed by atoms with Crippen molar-refractivity contribution in [3.8, 4) is 0 Å². The maximum Gasteiger partial charge on any atom is 0.244 e. The molecule has 1 aromatic rings. The van der Waals surface area contributed by atoms with Gasteiger partial charge in [-0.1, -0.05) is 33.6 Å². The monoisotopic (exact) mass is 281 g/mol. The molecule has 0 heterocycles. The van der Waals surface area contributed by atoms with Crippen molar-refractivity contribution in [1.29, 1.82) is 0 Å². The maximum atomic E-state index is 11.5. The molecule has 0 fully saturated rings. The Bertz CT molecular complexity index is 408. The highest BCUT2D eigenvalue weighted by Gasteiger charge is 2.07. The second-order valence-electron chi connectivity index (χ2n) is 4.01. The third-order valence-corrected chi connectivity index (χ3v) is 2.62. The number of nitrogens with one attached hydrogen (secondary N) is 1. The van der Waals surface area contributed by atoms with Gasteiger partial charge < -0.3 is 5.32 Å². The van der Waals surface area contributed by atoms with E-state index in [0.29, 0.717) is 0 Å². The Morgan fingerprint density at radius 3 is 2.69 bits per heavy atom. The van der Waals surface area contributed by atoms with Crippen LogP contribution in [-0.4, -0.2) is 5.91 Å². The lowest BCUT2D eigenvalue weighted by Crippen LogP contribution is -2.24. The van der Waals surface area contributed by atoms with Gasteiger partial charge in [0.25, 0.3) is 0 Å². The largest absolute Gasteiger partial charge is 0.346 e. The third-order valence-electron chi connectivity index (χ3n) is 2.13. The van der Waals surface area contributed by atoms with E-state index in [4.69, 9.17) is 0 Å². The molecule has 0 saturated carbocycles. The average Bonchev–Trinajstić information content (AvgIpc) is 2.16. The molecule has 16 heavy (non-hydrogen) atoms. The second-order valence-corrected chi connectivity index (χ2v) is 4.92. The SMILES string of the molecule is CC(C)=CC(=O)N[C@H](C)c1cccc(Br)c1. The maximum absolute atomic E-state index is 11.5. The van der Waals surface area contributed by atoms with Crippen molar-refractivity contribution >= 4 is 21.8 Å². The van der Waals surface area contributed by atoms with E-state index in [1.54, 1.807) is 6.08 Å². The molecular formula is C13H16BrNO. The minimum atomic E-state index is -0.0486. The highest BCUT2D eigenvalue weighted by molar-refractivity contribution is 9.10. The zero-order valence-electron chi connectivity index (χ0n) is 9.75. The van der Waals surface area contributed by atoms with Crippen LogP contribution in [-0.2, 0) is 4.79 Å². The van der Waals surface area contributed by atoms with Crippen LogP contribution in [0.3, 0.4) is 0 Å². The molecule has 0 aliphatic carbocycles. The van der Waals surface area contributed by atoms with Crippen molar-refractivity contribution in [1.82, 2.24) is 5.32 Å². The number of allylic oxidation sites excluding steroid dienone is 1. The summed E-state index contributed by atoms with van der Waals surface area (Å²) in [6, 6.07) is 7.95. The van der Waals surface area contributed by atoms with Crippen molar-refractivity contribution in [3.05, 3.63) is 46.0 Å². The van der Waals surface area contributed by atoms with Crippen LogP contribution < -0.4 is 5.32 Å². The molecule has 0 aliphatic heterocycles. The van der Waals surface area contributed by atoms with Gasteiger partial charge in [-0.2, -0.15) is 0 Å². The standard InChI is InChI=1S/C13H16BrNO/c1-9(2)7-13(16)15-10(3)11-5-4-6-12(14)8-11/h4-8,10H,1-3H3,(H,15,16)/t10-/m1/s1. The van der Waals surface area contributed by atoms with Gasteiger partial charge in [0.15, 0.2) is 0 Å². The van der Waals surface area contributed by atoms with Gasteiger partial charge in [-0.3, -0.25) is 4.79 Å². The number of amides is 1. The van der Waals surface area contributed by atoms with Gasteiger partial charge in [0.2, 0.25) is 5.91 Å². The minimum absolute atomic E-state index is 0.0144. The molecule has 3 heteroatoms. The number of halogens is 1. The van der Waals surface area contributed by atoms with Gasteiger partial charge >= 0.3 is 0 Å². The summed E-state index contributed by atoms with van der Waals surface area (Å²) < 4.78 is 1.02. The van der Waals surface area contributed by atoms with Crippen molar-refractivity contribution in [2.75, 3.05) is 0 Å². The van der Waals surface area contributed by atoms with Crippen LogP contribution in [0.2, 0.25) is 0 Å². The van der Waals surface area contributed by atoms with Crippen LogP contribution in [0.4, 0.5) is 0 Å². The van der Waals surface area contributed by atoms with Crippen molar-refractivity contribution in [2.45, 2.75) is 26.8 Å². The van der Waals surface area contributed by atoms with Crippen LogP contribution in [0.1, 0.15) is 32.4 Å². The Kier molecular flexibility index (Phi) is 4.74. The quantitative estimate of drug-likeness (QED) is 0.843. The molecule has 86 valence electrons. The number of carbonyl (C=O) groups excluding carboxylic acids is 1. The number of hydrogen-bond acceptors (Lipinski definition) is 1. The fraction of sp³-hybridized carbons (Fsp3) is 0.308. The summed E-state index contributed by atoms with van der Waals surface area (Å²) in [5, 5.41) is 2.92. The highest BCUT2D eigenvalue weighted by atomic mass is 79.9. The topological polar surface area (TPSA) is 29.1 Å². The first-order valence-corrected chi connectivity index (χ1v) is 5.99. The minimum Gasteiger partial charge on any atom is -0.346 e. The second kappa shape index (κ2) is 5.85. The van der Waals surface area contributed by atoms with Gasteiger partial charge in [-0.15, -0.1) is 0 Å². The predicted octanol–water partition coefficient (Wildman–Crippen LogP) is 3.59. The smallest absolute Gasteiger partial charge is 0.244 e. The lowest BCUT2D eigenvalue weighted by molar-refractivity contribution is -0.117. The Balaban J connectivity index is 2.69. The van der Waals surface area contributed by atoms with E-state index >= 15 is 0 Å². The summed E-state index contributed by atoms with van der Waals surface area (Å²) in [6.07, 6.45) is 1.61. The number of hydrogen-bond donors (Lipinski definition) is 1. The number of carbonyl (C=O) groups is 1. The van der Waals surface area contributed by atoms with Crippen molar-refractivity contribution in [2.24, 2.45) is 0 Å². The zero-order chi connectivity index (χ0) is 12.1. The number of rotatable bonds is 3. The van der Waals surface area contributed by atoms with E-state index in [0.717, 1.165) is 15.6 Å². The molecular weight excluding hydrogens is 266 g/mol. The van der Waals surface area contributed by atoms with E-state index in [9.17, 15) is 4.79 Å². The Labute approximate surface area is 105 Å². The molecule has 1 amide bonds. The molecule has 1 rings (SSSR count). The van der Waals surface area contributed by atoms with E-state index in [1.807, 2.05) is 45.0 Å². The first-order valence-electron chi connectivity index (χ1n) is 5.20. The summed E-state index contributed by atoms with van der Waals surface area (Å²) in [5.41, 5.74) is 2.09. The predicted molar refractivity (Wildman–Crippen MR) is 70.1 cm³/mol. The normalized spacial score (nSPS) is 11.8. The molecule has 0 aromatic heterocycles. The molecule has 2 nitrogen and oxygen atoms in total.